The highest BCUT2D eigenvalue weighted by molar-refractivity contribution is 7.89. The fourth-order valence-corrected chi connectivity index (χ4v) is 5.77. The van der Waals surface area contributed by atoms with Gasteiger partial charge in [0, 0.05) is 31.9 Å². The predicted octanol–water partition coefficient (Wildman–Crippen LogP) is 1.75. The lowest BCUT2D eigenvalue weighted by molar-refractivity contribution is -0.140. The lowest BCUT2D eigenvalue weighted by Crippen LogP contribution is -2.52. The molecule has 0 radical (unpaired) electrons. The number of sulfonamides is 1. The number of hydrogen-bond donors (Lipinski definition) is 2. The van der Waals surface area contributed by atoms with E-state index in [0.717, 1.165) is 30.9 Å². The van der Waals surface area contributed by atoms with Crippen molar-refractivity contribution in [2.24, 2.45) is 0 Å². The molecule has 2 N–H and O–H groups in total. The number of anilines is 1. The molecule has 2 aliphatic rings. The molecule has 0 bridgehead atoms. The van der Waals surface area contributed by atoms with Crippen molar-refractivity contribution in [3.05, 3.63) is 60.4 Å². The standard InChI is InChI=1S/C24H30FN3O5S/c25-18-6-9-21(10-7-18)34(31,32)26-22-11-8-20(33-23(22)17-29)16-24(30)28-14-12-27(13-15-28)19-4-2-1-3-5-19/h1-7,9-10,20,22-23,26,29H,8,11-17H2/t20-,22-,23-/m1/s1. The highest BCUT2D eigenvalue weighted by Crippen LogP contribution is 2.25. The summed E-state index contributed by atoms with van der Waals surface area (Å²) in [5.74, 6) is -0.526. The topological polar surface area (TPSA) is 99.2 Å². The number of halogens is 1. The van der Waals surface area contributed by atoms with Gasteiger partial charge in [-0.05, 0) is 49.2 Å². The lowest BCUT2D eigenvalue weighted by Gasteiger charge is -2.38. The molecule has 2 saturated heterocycles. The molecule has 0 saturated carbocycles. The number of nitrogens with zero attached hydrogens (tertiary/aromatic N) is 2. The van der Waals surface area contributed by atoms with Crippen LogP contribution in [0.25, 0.3) is 0 Å². The van der Waals surface area contributed by atoms with Gasteiger partial charge in [-0.3, -0.25) is 4.79 Å². The van der Waals surface area contributed by atoms with Gasteiger partial charge in [0.15, 0.2) is 0 Å². The molecule has 2 aliphatic heterocycles. The minimum Gasteiger partial charge on any atom is -0.394 e. The Kier molecular flexibility index (Phi) is 7.82. The number of aliphatic hydroxyl groups is 1. The van der Waals surface area contributed by atoms with Crippen molar-refractivity contribution < 1.29 is 27.4 Å². The largest absolute Gasteiger partial charge is 0.394 e. The average molecular weight is 492 g/mol. The molecular weight excluding hydrogens is 461 g/mol. The summed E-state index contributed by atoms with van der Waals surface area (Å²) in [6.07, 6.45) is -0.0481. The highest BCUT2D eigenvalue weighted by Gasteiger charge is 2.35. The Morgan fingerprint density at radius 2 is 1.71 bits per heavy atom. The number of nitrogens with one attached hydrogen (secondary N) is 1. The Bertz CT molecular complexity index is 1060. The summed E-state index contributed by atoms with van der Waals surface area (Å²) in [7, 11) is -3.89. The van der Waals surface area contributed by atoms with E-state index >= 15 is 0 Å². The van der Waals surface area contributed by atoms with Gasteiger partial charge < -0.3 is 19.6 Å². The summed E-state index contributed by atoms with van der Waals surface area (Å²) in [5.41, 5.74) is 1.14. The molecule has 8 nitrogen and oxygen atoms in total. The smallest absolute Gasteiger partial charge is 0.240 e. The molecule has 2 aromatic carbocycles. The Balaban J connectivity index is 1.28. The molecule has 2 heterocycles. The van der Waals surface area contributed by atoms with E-state index in [1.54, 1.807) is 0 Å². The Morgan fingerprint density at radius 1 is 1.03 bits per heavy atom. The van der Waals surface area contributed by atoms with Crippen LogP contribution in [0.15, 0.2) is 59.5 Å². The molecule has 34 heavy (non-hydrogen) atoms. The molecule has 0 spiro atoms. The van der Waals surface area contributed by atoms with Gasteiger partial charge in [-0.1, -0.05) is 18.2 Å². The number of para-hydroxylation sites is 1. The van der Waals surface area contributed by atoms with E-state index < -0.39 is 28.0 Å². The Labute approximate surface area is 199 Å². The van der Waals surface area contributed by atoms with E-state index in [4.69, 9.17) is 4.74 Å². The van der Waals surface area contributed by atoms with E-state index in [9.17, 15) is 22.7 Å². The first-order valence-corrected chi connectivity index (χ1v) is 13.0. The molecule has 2 fully saturated rings. The molecule has 2 aromatic rings. The van der Waals surface area contributed by atoms with Crippen LogP contribution in [0, 0.1) is 5.82 Å². The normalized spacial score (nSPS) is 23.6. The Morgan fingerprint density at radius 3 is 2.35 bits per heavy atom. The third-order valence-corrected chi connectivity index (χ3v) is 7.89. The van der Waals surface area contributed by atoms with Gasteiger partial charge in [0.05, 0.1) is 36.2 Å². The molecule has 0 aromatic heterocycles. The summed E-state index contributed by atoms with van der Waals surface area (Å²) in [5, 5.41) is 9.79. The number of piperazine rings is 1. The molecule has 1 amide bonds. The van der Waals surface area contributed by atoms with Crippen molar-refractivity contribution in [1.29, 1.82) is 0 Å². The fraction of sp³-hybridized carbons (Fsp3) is 0.458. The fourth-order valence-electron chi connectivity index (χ4n) is 4.47. The predicted molar refractivity (Wildman–Crippen MR) is 125 cm³/mol. The number of hydrogen-bond acceptors (Lipinski definition) is 6. The molecule has 3 atom stereocenters. The van der Waals surface area contributed by atoms with Gasteiger partial charge in [-0.25, -0.2) is 17.5 Å². The van der Waals surface area contributed by atoms with Gasteiger partial charge in [-0.15, -0.1) is 0 Å². The Hall–Kier alpha value is -2.53. The zero-order valence-corrected chi connectivity index (χ0v) is 19.7. The molecule has 4 rings (SSSR count). The molecular formula is C24H30FN3O5S. The van der Waals surface area contributed by atoms with Crippen LogP contribution in [0.1, 0.15) is 19.3 Å². The SMILES string of the molecule is O=C(C[C@H]1CC[C@@H](NS(=O)(=O)c2ccc(F)cc2)[C@@H](CO)O1)N1CCN(c2ccccc2)CC1. The van der Waals surface area contributed by atoms with Gasteiger partial charge in [0.25, 0.3) is 0 Å². The maximum Gasteiger partial charge on any atom is 0.240 e. The van der Waals surface area contributed by atoms with Crippen LogP contribution >= 0.6 is 0 Å². The maximum atomic E-state index is 13.1. The first-order valence-electron chi connectivity index (χ1n) is 11.5. The van der Waals surface area contributed by atoms with Crippen molar-refractivity contribution in [3.63, 3.8) is 0 Å². The highest BCUT2D eigenvalue weighted by atomic mass is 32.2. The molecule has 0 aliphatic carbocycles. The second-order valence-electron chi connectivity index (χ2n) is 8.65. The molecule has 184 valence electrons. The zero-order chi connectivity index (χ0) is 24.1. The summed E-state index contributed by atoms with van der Waals surface area (Å²) >= 11 is 0. The quantitative estimate of drug-likeness (QED) is 0.612. The molecule has 0 unspecified atom stereocenters. The second kappa shape index (κ2) is 10.8. The van der Waals surface area contributed by atoms with E-state index in [2.05, 4.69) is 21.8 Å². The summed E-state index contributed by atoms with van der Waals surface area (Å²) < 4.78 is 46.9. The van der Waals surface area contributed by atoms with E-state index in [0.29, 0.717) is 25.9 Å². The van der Waals surface area contributed by atoms with Crippen LogP contribution in [0.5, 0.6) is 0 Å². The average Bonchev–Trinajstić information content (AvgIpc) is 2.85. The van der Waals surface area contributed by atoms with Crippen molar-refractivity contribution in [3.8, 4) is 0 Å². The number of rotatable bonds is 7. The van der Waals surface area contributed by atoms with E-state index in [-0.39, 0.29) is 29.9 Å². The molecule has 10 heteroatoms. The number of aliphatic hydroxyl groups excluding tert-OH is 1. The first kappa shape index (κ1) is 24.6. The van der Waals surface area contributed by atoms with Gasteiger partial charge in [-0.2, -0.15) is 0 Å². The number of carbonyl (C=O) groups is 1. The zero-order valence-electron chi connectivity index (χ0n) is 18.8. The van der Waals surface area contributed by atoms with Crippen LogP contribution < -0.4 is 9.62 Å². The summed E-state index contributed by atoms with van der Waals surface area (Å²) in [6, 6.07) is 14.0. The lowest BCUT2D eigenvalue weighted by atomic mass is 9.97. The monoisotopic (exact) mass is 491 g/mol. The van der Waals surface area contributed by atoms with Gasteiger partial charge in [0.1, 0.15) is 5.82 Å². The van der Waals surface area contributed by atoms with E-state index in [1.165, 1.54) is 12.1 Å². The van der Waals surface area contributed by atoms with Crippen molar-refractivity contribution in [1.82, 2.24) is 9.62 Å². The van der Waals surface area contributed by atoms with Crippen LogP contribution in [0.4, 0.5) is 10.1 Å². The minimum atomic E-state index is -3.89. The van der Waals surface area contributed by atoms with Crippen LogP contribution in [0.3, 0.4) is 0 Å². The minimum absolute atomic E-state index is 0.000237. The number of amides is 1. The first-order chi connectivity index (χ1) is 16.4. The van der Waals surface area contributed by atoms with E-state index in [1.807, 2.05) is 23.1 Å². The third-order valence-electron chi connectivity index (χ3n) is 6.38. The number of carbonyl (C=O) groups excluding carboxylic acids is 1. The van der Waals surface area contributed by atoms with Gasteiger partial charge >= 0.3 is 0 Å². The van der Waals surface area contributed by atoms with Gasteiger partial charge in [0.2, 0.25) is 15.9 Å². The van der Waals surface area contributed by atoms with Crippen molar-refractivity contribution in [2.45, 2.75) is 42.4 Å². The number of ether oxygens (including phenoxy) is 1. The van der Waals surface area contributed by atoms with Crippen LogP contribution in [-0.2, 0) is 19.6 Å². The maximum absolute atomic E-state index is 13.1. The number of benzene rings is 2. The second-order valence-corrected chi connectivity index (χ2v) is 10.4. The van der Waals surface area contributed by atoms with Crippen LogP contribution in [-0.4, -0.2) is 75.4 Å². The summed E-state index contributed by atoms with van der Waals surface area (Å²) in [4.78, 5) is 16.9. The van der Waals surface area contributed by atoms with Crippen molar-refractivity contribution in [2.75, 3.05) is 37.7 Å². The van der Waals surface area contributed by atoms with Crippen molar-refractivity contribution >= 4 is 21.6 Å². The van der Waals surface area contributed by atoms with Crippen LogP contribution in [0.2, 0.25) is 0 Å². The summed E-state index contributed by atoms with van der Waals surface area (Å²) in [6.45, 7) is 2.40. The third kappa shape index (κ3) is 5.93.